The smallest absolute Gasteiger partial charge is 0.224 e. The standard InChI is InChI=1S/C13H16F2N2O/c14-10-2-3-11(15)12(7-10)17-13(18)4-1-9-5-6-16-8-9/h2-3,7,9,16H,1,4-6,8H2,(H,17,18). The Hall–Kier alpha value is -1.49. The summed E-state index contributed by atoms with van der Waals surface area (Å²) in [5.74, 6) is -0.946. The molecule has 1 saturated heterocycles. The molecule has 18 heavy (non-hydrogen) atoms. The molecule has 1 atom stereocenters. The average molecular weight is 254 g/mol. The molecule has 0 saturated carbocycles. The molecule has 1 aromatic rings. The van der Waals surface area contributed by atoms with Gasteiger partial charge in [-0.1, -0.05) is 0 Å². The zero-order valence-corrected chi connectivity index (χ0v) is 10.0. The zero-order valence-electron chi connectivity index (χ0n) is 10.0. The Bertz CT molecular complexity index is 431. The van der Waals surface area contributed by atoms with Gasteiger partial charge in [-0.2, -0.15) is 0 Å². The summed E-state index contributed by atoms with van der Waals surface area (Å²) in [6.45, 7) is 1.92. The van der Waals surface area contributed by atoms with Crippen LogP contribution in [0.25, 0.3) is 0 Å². The summed E-state index contributed by atoms with van der Waals surface area (Å²) in [6.07, 6.45) is 2.18. The second-order valence-electron chi connectivity index (χ2n) is 4.57. The molecule has 1 aliphatic heterocycles. The van der Waals surface area contributed by atoms with E-state index >= 15 is 0 Å². The lowest BCUT2D eigenvalue weighted by Gasteiger charge is -2.09. The van der Waals surface area contributed by atoms with Crippen molar-refractivity contribution in [3.63, 3.8) is 0 Å². The van der Waals surface area contributed by atoms with E-state index in [2.05, 4.69) is 10.6 Å². The summed E-state index contributed by atoms with van der Waals surface area (Å²) in [5, 5.41) is 5.62. The SMILES string of the molecule is O=C(CCC1CCNC1)Nc1cc(F)ccc1F. The van der Waals surface area contributed by atoms with Crippen LogP contribution in [0, 0.1) is 17.6 Å². The van der Waals surface area contributed by atoms with Crippen molar-refractivity contribution >= 4 is 11.6 Å². The number of carbonyl (C=O) groups excluding carboxylic acids is 1. The van der Waals surface area contributed by atoms with E-state index in [1.807, 2.05) is 0 Å². The highest BCUT2D eigenvalue weighted by atomic mass is 19.1. The van der Waals surface area contributed by atoms with Crippen LogP contribution in [0.2, 0.25) is 0 Å². The summed E-state index contributed by atoms with van der Waals surface area (Å²) < 4.78 is 26.2. The van der Waals surface area contributed by atoms with Crippen molar-refractivity contribution in [1.29, 1.82) is 0 Å². The maximum Gasteiger partial charge on any atom is 0.224 e. The zero-order chi connectivity index (χ0) is 13.0. The van der Waals surface area contributed by atoms with Crippen LogP contribution in [0.15, 0.2) is 18.2 Å². The maximum absolute atomic E-state index is 13.3. The fourth-order valence-electron chi connectivity index (χ4n) is 2.10. The molecular formula is C13H16F2N2O. The van der Waals surface area contributed by atoms with Gasteiger partial charge in [0.1, 0.15) is 11.6 Å². The predicted octanol–water partition coefficient (Wildman–Crippen LogP) is 2.29. The predicted molar refractivity (Wildman–Crippen MR) is 65.2 cm³/mol. The number of benzene rings is 1. The number of amides is 1. The van der Waals surface area contributed by atoms with Gasteiger partial charge in [0, 0.05) is 12.5 Å². The van der Waals surface area contributed by atoms with Crippen LogP contribution in [0.5, 0.6) is 0 Å². The van der Waals surface area contributed by atoms with Crippen LogP contribution >= 0.6 is 0 Å². The van der Waals surface area contributed by atoms with Gasteiger partial charge >= 0.3 is 0 Å². The minimum atomic E-state index is -0.618. The second kappa shape index (κ2) is 5.91. The van der Waals surface area contributed by atoms with Gasteiger partial charge in [-0.25, -0.2) is 8.78 Å². The number of rotatable bonds is 4. The lowest BCUT2D eigenvalue weighted by Crippen LogP contribution is -2.15. The quantitative estimate of drug-likeness (QED) is 0.865. The van der Waals surface area contributed by atoms with E-state index in [9.17, 15) is 13.6 Å². The normalized spacial score (nSPS) is 18.9. The fraction of sp³-hybridized carbons (Fsp3) is 0.462. The van der Waals surface area contributed by atoms with Gasteiger partial charge in [0.25, 0.3) is 0 Å². The molecule has 0 spiro atoms. The van der Waals surface area contributed by atoms with Crippen molar-refractivity contribution in [2.75, 3.05) is 18.4 Å². The molecule has 0 bridgehead atoms. The van der Waals surface area contributed by atoms with Gasteiger partial charge in [-0.15, -0.1) is 0 Å². The highest BCUT2D eigenvalue weighted by Crippen LogP contribution is 2.18. The fourth-order valence-corrected chi connectivity index (χ4v) is 2.10. The summed E-state index contributed by atoms with van der Waals surface area (Å²) >= 11 is 0. The summed E-state index contributed by atoms with van der Waals surface area (Å²) in [6, 6.07) is 3.02. The summed E-state index contributed by atoms with van der Waals surface area (Å²) in [5.41, 5.74) is -0.0930. The monoisotopic (exact) mass is 254 g/mol. The third-order valence-electron chi connectivity index (χ3n) is 3.14. The first-order valence-corrected chi connectivity index (χ1v) is 6.11. The van der Waals surface area contributed by atoms with Crippen LogP contribution in [0.1, 0.15) is 19.3 Å². The Morgan fingerprint density at radius 3 is 3.00 bits per heavy atom. The molecular weight excluding hydrogens is 238 g/mol. The summed E-state index contributed by atoms with van der Waals surface area (Å²) in [7, 11) is 0. The van der Waals surface area contributed by atoms with E-state index in [4.69, 9.17) is 0 Å². The molecule has 1 aromatic carbocycles. The molecule has 2 rings (SSSR count). The molecule has 98 valence electrons. The number of hydrogen-bond acceptors (Lipinski definition) is 2. The van der Waals surface area contributed by atoms with E-state index in [0.717, 1.165) is 44.1 Å². The van der Waals surface area contributed by atoms with Crippen molar-refractivity contribution in [1.82, 2.24) is 5.32 Å². The van der Waals surface area contributed by atoms with E-state index in [1.54, 1.807) is 0 Å². The molecule has 0 aliphatic carbocycles. The van der Waals surface area contributed by atoms with Crippen molar-refractivity contribution < 1.29 is 13.6 Å². The third-order valence-corrected chi connectivity index (χ3v) is 3.14. The molecule has 0 aromatic heterocycles. The van der Waals surface area contributed by atoms with Crippen molar-refractivity contribution in [2.45, 2.75) is 19.3 Å². The maximum atomic E-state index is 13.3. The van der Waals surface area contributed by atoms with Crippen LogP contribution in [-0.2, 0) is 4.79 Å². The second-order valence-corrected chi connectivity index (χ2v) is 4.57. The minimum Gasteiger partial charge on any atom is -0.324 e. The Morgan fingerprint density at radius 2 is 2.28 bits per heavy atom. The molecule has 1 aliphatic rings. The lowest BCUT2D eigenvalue weighted by molar-refractivity contribution is -0.116. The molecule has 1 fully saturated rings. The molecule has 5 heteroatoms. The van der Waals surface area contributed by atoms with Crippen molar-refractivity contribution in [3.8, 4) is 0 Å². The topological polar surface area (TPSA) is 41.1 Å². The molecule has 3 nitrogen and oxygen atoms in total. The Morgan fingerprint density at radius 1 is 1.44 bits per heavy atom. The molecule has 1 amide bonds. The average Bonchev–Trinajstić information content (AvgIpc) is 2.84. The van der Waals surface area contributed by atoms with Crippen LogP contribution < -0.4 is 10.6 Å². The number of anilines is 1. The van der Waals surface area contributed by atoms with Gasteiger partial charge in [-0.05, 0) is 44.0 Å². The third kappa shape index (κ3) is 3.50. The number of nitrogens with one attached hydrogen (secondary N) is 2. The first-order chi connectivity index (χ1) is 8.65. The van der Waals surface area contributed by atoms with E-state index in [-0.39, 0.29) is 11.6 Å². The molecule has 2 N–H and O–H groups in total. The van der Waals surface area contributed by atoms with Gasteiger partial charge in [0.15, 0.2) is 0 Å². The Kier molecular flexibility index (Phi) is 4.25. The van der Waals surface area contributed by atoms with Gasteiger partial charge in [-0.3, -0.25) is 4.79 Å². The molecule has 0 radical (unpaired) electrons. The van der Waals surface area contributed by atoms with Crippen molar-refractivity contribution in [2.24, 2.45) is 5.92 Å². The van der Waals surface area contributed by atoms with Crippen molar-refractivity contribution in [3.05, 3.63) is 29.8 Å². The van der Waals surface area contributed by atoms with Crippen LogP contribution in [0.4, 0.5) is 14.5 Å². The van der Waals surface area contributed by atoms with Gasteiger partial charge in [0.2, 0.25) is 5.91 Å². The lowest BCUT2D eigenvalue weighted by atomic mass is 10.0. The number of hydrogen-bond donors (Lipinski definition) is 2. The minimum absolute atomic E-state index is 0.0930. The van der Waals surface area contributed by atoms with Gasteiger partial charge < -0.3 is 10.6 Å². The molecule has 1 heterocycles. The van der Waals surface area contributed by atoms with Crippen LogP contribution in [0.3, 0.4) is 0 Å². The first-order valence-electron chi connectivity index (χ1n) is 6.11. The van der Waals surface area contributed by atoms with Crippen LogP contribution in [-0.4, -0.2) is 19.0 Å². The highest BCUT2D eigenvalue weighted by molar-refractivity contribution is 5.90. The Labute approximate surface area is 105 Å². The number of carbonyl (C=O) groups is 1. The summed E-state index contributed by atoms with van der Waals surface area (Å²) in [4.78, 5) is 11.6. The van der Waals surface area contributed by atoms with E-state index in [1.165, 1.54) is 0 Å². The van der Waals surface area contributed by atoms with E-state index < -0.39 is 11.6 Å². The first kappa shape index (κ1) is 13.0. The largest absolute Gasteiger partial charge is 0.324 e. The van der Waals surface area contributed by atoms with E-state index in [0.29, 0.717) is 12.3 Å². The Balaban J connectivity index is 1.84. The highest BCUT2D eigenvalue weighted by Gasteiger charge is 2.16. The number of halogens is 2. The molecule has 1 unspecified atom stereocenters. The van der Waals surface area contributed by atoms with Gasteiger partial charge in [0.05, 0.1) is 5.69 Å².